The minimum Gasteiger partial charge on any atom is -0.493 e. The standard InChI is InChI=1S/C26H25FN4O5S/c1-4-36-24-14-17(9-10-23(24)35-2)22(16-37(3,33)34)31-25-21(30(12-11-28)26(31)32)13-18(15-29-25)19-7-5-6-8-20(19)27/h5-10,13-15,22H,4,12,16H2,1-3H3/t22-/m0/s1. The lowest BCUT2D eigenvalue weighted by atomic mass is 10.1. The molecule has 2 aromatic carbocycles. The van der Waals surface area contributed by atoms with Crippen molar-refractivity contribution in [1.82, 2.24) is 14.1 Å². The Kier molecular flexibility index (Phi) is 7.31. The molecule has 2 aromatic heterocycles. The Hall–Kier alpha value is -4.17. The molecule has 192 valence electrons. The number of methoxy groups -OCH3 is 1. The van der Waals surface area contributed by atoms with E-state index in [-0.39, 0.29) is 23.3 Å². The predicted octanol–water partition coefficient (Wildman–Crippen LogP) is 3.57. The number of rotatable bonds is 9. The molecule has 0 aliphatic heterocycles. The number of sulfone groups is 1. The number of nitriles is 1. The molecular formula is C26H25FN4O5S. The lowest BCUT2D eigenvalue weighted by Crippen LogP contribution is -2.31. The Balaban J connectivity index is 1.99. The van der Waals surface area contributed by atoms with E-state index in [1.54, 1.807) is 49.4 Å². The summed E-state index contributed by atoms with van der Waals surface area (Å²) in [5.74, 6) is -0.0261. The fourth-order valence-electron chi connectivity index (χ4n) is 4.28. The zero-order valence-electron chi connectivity index (χ0n) is 20.5. The predicted molar refractivity (Wildman–Crippen MR) is 137 cm³/mol. The van der Waals surface area contributed by atoms with Crippen molar-refractivity contribution in [3.63, 3.8) is 0 Å². The molecule has 4 rings (SSSR count). The second-order valence-corrected chi connectivity index (χ2v) is 10.6. The number of nitrogens with zero attached hydrogens (tertiary/aromatic N) is 4. The summed E-state index contributed by atoms with van der Waals surface area (Å²) in [5, 5.41) is 9.41. The summed E-state index contributed by atoms with van der Waals surface area (Å²) in [6, 6.07) is 13.6. The lowest BCUT2D eigenvalue weighted by Gasteiger charge is -2.20. The third-order valence-corrected chi connectivity index (χ3v) is 6.78. The second kappa shape index (κ2) is 10.4. The molecule has 0 aliphatic carbocycles. The molecule has 0 aliphatic rings. The Labute approximate surface area is 213 Å². The van der Waals surface area contributed by atoms with Crippen molar-refractivity contribution in [2.24, 2.45) is 0 Å². The van der Waals surface area contributed by atoms with E-state index in [0.29, 0.717) is 29.2 Å². The highest BCUT2D eigenvalue weighted by molar-refractivity contribution is 7.90. The molecule has 1 atom stereocenters. The lowest BCUT2D eigenvalue weighted by molar-refractivity contribution is 0.310. The number of ether oxygens (including phenoxy) is 2. The number of benzene rings is 2. The van der Waals surface area contributed by atoms with Gasteiger partial charge in [0.2, 0.25) is 0 Å². The maximum absolute atomic E-state index is 14.5. The quantitative estimate of drug-likeness (QED) is 0.329. The molecule has 37 heavy (non-hydrogen) atoms. The van der Waals surface area contributed by atoms with Crippen LogP contribution in [0.25, 0.3) is 22.3 Å². The van der Waals surface area contributed by atoms with Crippen LogP contribution in [0.1, 0.15) is 18.5 Å². The molecule has 2 heterocycles. The molecule has 0 N–H and O–H groups in total. The Morgan fingerprint density at radius 3 is 2.57 bits per heavy atom. The van der Waals surface area contributed by atoms with Gasteiger partial charge in [0, 0.05) is 23.6 Å². The van der Waals surface area contributed by atoms with Crippen LogP contribution < -0.4 is 15.2 Å². The Bertz CT molecular complexity index is 1670. The van der Waals surface area contributed by atoms with Crippen LogP contribution in [0.4, 0.5) is 4.39 Å². The molecule has 0 spiro atoms. The second-order valence-electron chi connectivity index (χ2n) is 8.39. The van der Waals surface area contributed by atoms with Gasteiger partial charge in [0.15, 0.2) is 17.1 Å². The van der Waals surface area contributed by atoms with Crippen LogP contribution in [0.5, 0.6) is 11.5 Å². The molecule has 9 nitrogen and oxygen atoms in total. The van der Waals surface area contributed by atoms with Gasteiger partial charge in [-0.2, -0.15) is 5.26 Å². The first-order chi connectivity index (χ1) is 17.7. The molecular weight excluding hydrogens is 499 g/mol. The van der Waals surface area contributed by atoms with Gasteiger partial charge in [-0.15, -0.1) is 0 Å². The zero-order chi connectivity index (χ0) is 26.7. The van der Waals surface area contributed by atoms with Crippen LogP contribution in [0.15, 0.2) is 59.5 Å². The fourth-order valence-corrected chi connectivity index (χ4v) is 5.19. The van der Waals surface area contributed by atoms with Gasteiger partial charge in [0.1, 0.15) is 22.2 Å². The van der Waals surface area contributed by atoms with Gasteiger partial charge in [0.25, 0.3) is 0 Å². The van der Waals surface area contributed by atoms with E-state index in [1.165, 1.54) is 28.5 Å². The van der Waals surface area contributed by atoms with Crippen LogP contribution in [0, 0.1) is 17.1 Å². The van der Waals surface area contributed by atoms with Crippen LogP contribution in [-0.4, -0.2) is 48.3 Å². The van der Waals surface area contributed by atoms with E-state index in [9.17, 15) is 22.9 Å². The summed E-state index contributed by atoms with van der Waals surface area (Å²) in [7, 11) is -2.10. The molecule has 0 fully saturated rings. The van der Waals surface area contributed by atoms with E-state index in [0.717, 1.165) is 6.26 Å². The van der Waals surface area contributed by atoms with Gasteiger partial charge in [-0.3, -0.25) is 9.13 Å². The highest BCUT2D eigenvalue weighted by Crippen LogP contribution is 2.33. The van der Waals surface area contributed by atoms with Gasteiger partial charge in [0.05, 0.1) is 37.1 Å². The molecule has 0 unspecified atom stereocenters. The third kappa shape index (κ3) is 5.20. The SMILES string of the molecule is CCOc1cc([C@H](CS(C)(=O)=O)n2c(=O)n(CC#N)c3cc(-c4ccccc4F)cnc32)ccc1OC. The van der Waals surface area contributed by atoms with Crippen LogP contribution >= 0.6 is 0 Å². The molecule has 0 amide bonds. The van der Waals surface area contributed by atoms with Crippen molar-refractivity contribution in [2.75, 3.05) is 25.7 Å². The minimum atomic E-state index is -3.59. The van der Waals surface area contributed by atoms with Crippen molar-refractivity contribution in [3.05, 3.63) is 76.6 Å². The molecule has 0 saturated carbocycles. The average Bonchev–Trinajstić information content (AvgIpc) is 3.13. The summed E-state index contributed by atoms with van der Waals surface area (Å²) in [6.45, 7) is 1.85. The van der Waals surface area contributed by atoms with Gasteiger partial charge in [-0.1, -0.05) is 24.3 Å². The normalized spacial score (nSPS) is 12.3. The first-order valence-corrected chi connectivity index (χ1v) is 13.5. The van der Waals surface area contributed by atoms with Crippen molar-refractivity contribution in [1.29, 1.82) is 5.26 Å². The summed E-state index contributed by atoms with van der Waals surface area (Å²) in [4.78, 5) is 18.1. The smallest absolute Gasteiger partial charge is 0.331 e. The average molecular weight is 525 g/mol. The number of hydrogen-bond donors (Lipinski definition) is 0. The van der Waals surface area contributed by atoms with Crippen molar-refractivity contribution >= 4 is 21.0 Å². The molecule has 0 saturated heterocycles. The topological polar surface area (TPSA) is 116 Å². The number of fused-ring (bicyclic) bond motifs is 1. The summed E-state index contributed by atoms with van der Waals surface area (Å²) in [5.41, 5.74) is 1.01. The highest BCUT2D eigenvalue weighted by Gasteiger charge is 2.27. The van der Waals surface area contributed by atoms with Crippen LogP contribution in [0.3, 0.4) is 0 Å². The van der Waals surface area contributed by atoms with Crippen LogP contribution in [-0.2, 0) is 16.4 Å². The first kappa shape index (κ1) is 25.9. The molecule has 4 aromatic rings. The van der Waals surface area contributed by atoms with E-state index >= 15 is 0 Å². The van der Waals surface area contributed by atoms with Crippen LogP contribution in [0.2, 0.25) is 0 Å². The van der Waals surface area contributed by atoms with Gasteiger partial charge in [-0.05, 0) is 36.8 Å². The first-order valence-electron chi connectivity index (χ1n) is 11.4. The maximum atomic E-state index is 14.5. The Morgan fingerprint density at radius 1 is 1.16 bits per heavy atom. The van der Waals surface area contributed by atoms with Gasteiger partial charge < -0.3 is 9.47 Å². The van der Waals surface area contributed by atoms with E-state index in [4.69, 9.17) is 9.47 Å². The zero-order valence-corrected chi connectivity index (χ0v) is 21.3. The Morgan fingerprint density at radius 2 is 1.92 bits per heavy atom. The largest absolute Gasteiger partial charge is 0.493 e. The van der Waals surface area contributed by atoms with Crippen molar-refractivity contribution in [2.45, 2.75) is 19.5 Å². The molecule has 11 heteroatoms. The summed E-state index contributed by atoms with van der Waals surface area (Å²) >= 11 is 0. The van der Waals surface area contributed by atoms with Crippen molar-refractivity contribution in [3.8, 4) is 28.7 Å². The number of pyridine rings is 1. The van der Waals surface area contributed by atoms with Gasteiger partial charge in [-0.25, -0.2) is 22.6 Å². The molecule has 0 bridgehead atoms. The third-order valence-electron chi connectivity index (χ3n) is 5.86. The van der Waals surface area contributed by atoms with E-state index in [2.05, 4.69) is 4.98 Å². The highest BCUT2D eigenvalue weighted by atomic mass is 32.2. The van der Waals surface area contributed by atoms with Crippen molar-refractivity contribution < 1.29 is 22.3 Å². The fraction of sp³-hybridized carbons (Fsp3) is 0.269. The summed E-state index contributed by atoms with van der Waals surface area (Å²) in [6.07, 6.45) is 2.50. The summed E-state index contributed by atoms with van der Waals surface area (Å²) < 4.78 is 52.9. The number of aromatic nitrogens is 3. The molecule has 0 radical (unpaired) electrons. The number of hydrogen-bond acceptors (Lipinski definition) is 7. The number of halogens is 1. The maximum Gasteiger partial charge on any atom is 0.331 e. The monoisotopic (exact) mass is 524 g/mol. The van der Waals surface area contributed by atoms with E-state index < -0.39 is 33.1 Å². The number of imidazole rings is 1. The minimum absolute atomic E-state index is 0.169. The van der Waals surface area contributed by atoms with Gasteiger partial charge >= 0.3 is 5.69 Å². The van der Waals surface area contributed by atoms with E-state index in [1.807, 2.05) is 6.07 Å².